The monoisotopic (exact) mass is 321 g/mol. The summed E-state index contributed by atoms with van der Waals surface area (Å²) in [6, 6.07) is 7.45. The normalized spacial score (nSPS) is 10.3. The van der Waals surface area contributed by atoms with E-state index in [-0.39, 0.29) is 4.88 Å². The van der Waals surface area contributed by atoms with Crippen molar-refractivity contribution in [3.8, 4) is 11.5 Å². The van der Waals surface area contributed by atoms with Gasteiger partial charge < -0.3 is 24.7 Å². The number of anilines is 1. The number of carbonyl (C=O) groups is 1. The molecule has 0 atom stereocenters. The van der Waals surface area contributed by atoms with Gasteiger partial charge in [-0.05, 0) is 26.0 Å². The van der Waals surface area contributed by atoms with Crippen molar-refractivity contribution >= 4 is 22.4 Å². The maximum absolute atomic E-state index is 10.8. The molecule has 22 heavy (non-hydrogen) atoms. The van der Waals surface area contributed by atoms with Crippen LogP contribution in [-0.4, -0.2) is 30.7 Å². The summed E-state index contributed by atoms with van der Waals surface area (Å²) in [5, 5.41) is 14.4. The number of nitrogens with zero attached hydrogens (tertiary/aromatic N) is 1. The predicted molar refractivity (Wildman–Crippen MR) is 82.8 cm³/mol. The minimum atomic E-state index is -1.20. The molecule has 2 aromatic rings. The van der Waals surface area contributed by atoms with E-state index in [1.54, 1.807) is 6.92 Å². The second-order valence-electron chi connectivity index (χ2n) is 4.38. The molecule has 0 radical (unpaired) electrons. The number of ether oxygens (including phenoxy) is 2. The summed E-state index contributed by atoms with van der Waals surface area (Å²) in [5.74, 6) is 0.177. The quantitative estimate of drug-likeness (QED) is 0.745. The van der Waals surface area contributed by atoms with Crippen molar-refractivity contribution in [3.05, 3.63) is 34.8 Å². The molecule has 1 aromatic carbocycles. The smallest absolute Gasteiger partial charge is 0.183 e. The number of nitrogens with one attached hydrogen (secondary N) is 1. The van der Waals surface area contributed by atoms with Crippen molar-refractivity contribution in [2.45, 2.75) is 13.8 Å². The molecular formula is C15H17N2O4S-. The number of carbonyl (C=O) groups excluding carboxylic acids is 1. The number of hydrogen-bond donors (Lipinski definition) is 1. The number of rotatable bonds is 8. The summed E-state index contributed by atoms with van der Waals surface area (Å²) in [6.45, 7) is 5.03. The van der Waals surface area contributed by atoms with Gasteiger partial charge in [0.15, 0.2) is 16.6 Å². The molecule has 0 amide bonds. The number of aryl methyl sites for hydroxylation is 1. The maximum atomic E-state index is 10.8. The van der Waals surface area contributed by atoms with E-state index in [9.17, 15) is 9.90 Å². The van der Waals surface area contributed by atoms with Crippen LogP contribution in [0.5, 0.6) is 11.5 Å². The van der Waals surface area contributed by atoms with Gasteiger partial charge in [0.25, 0.3) is 0 Å². The van der Waals surface area contributed by atoms with Crippen LogP contribution in [0.25, 0.3) is 0 Å². The largest absolute Gasteiger partial charge is 0.544 e. The lowest BCUT2D eigenvalue weighted by atomic mass is 10.3. The predicted octanol–water partition coefficient (Wildman–Crippen LogP) is 1.70. The van der Waals surface area contributed by atoms with Gasteiger partial charge in [0.1, 0.15) is 6.61 Å². The Balaban J connectivity index is 1.85. The van der Waals surface area contributed by atoms with Gasteiger partial charge in [-0.25, -0.2) is 4.98 Å². The molecule has 2 rings (SSSR count). The number of aromatic carboxylic acids is 1. The minimum Gasteiger partial charge on any atom is -0.544 e. The standard InChI is InChI=1S/C15H18N2O4S/c1-3-20-11-6-4-5-7-12(11)21-9-8-16-15-17-10(2)13(22-15)14(18)19/h4-7H,3,8-9H2,1-2H3,(H,16,17)(H,18,19)/p-1. The first-order valence-corrected chi connectivity index (χ1v) is 7.70. The maximum Gasteiger partial charge on any atom is 0.183 e. The SMILES string of the molecule is CCOc1ccccc1OCCNc1nc(C)c(C(=O)[O-])s1. The molecule has 0 saturated carbocycles. The van der Waals surface area contributed by atoms with Crippen LogP contribution in [0, 0.1) is 6.92 Å². The Labute approximate surface area is 132 Å². The number of para-hydroxylation sites is 2. The van der Waals surface area contributed by atoms with E-state index < -0.39 is 5.97 Å². The molecular weight excluding hydrogens is 304 g/mol. The fourth-order valence-electron chi connectivity index (χ4n) is 1.82. The van der Waals surface area contributed by atoms with Crippen LogP contribution in [0.1, 0.15) is 22.3 Å². The Morgan fingerprint density at radius 1 is 1.32 bits per heavy atom. The topological polar surface area (TPSA) is 83.5 Å². The van der Waals surface area contributed by atoms with E-state index in [0.29, 0.717) is 42.1 Å². The first-order chi connectivity index (χ1) is 10.6. The summed E-state index contributed by atoms with van der Waals surface area (Å²) in [7, 11) is 0. The molecule has 0 aliphatic rings. The number of benzene rings is 1. The molecule has 0 aliphatic heterocycles. The molecule has 0 unspecified atom stereocenters. The third-order valence-corrected chi connectivity index (χ3v) is 3.86. The van der Waals surface area contributed by atoms with E-state index >= 15 is 0 Å². The summed E-state index contributed by atoms with van der Waals surface area (Å²) in [5.41, 5.74) is 0.454. The van der Waals surface area contributed by atoms with E-state index in [2.05, 4.69) is 10.3 Å². The van der Waals surface area contributed by atoms with Crippen LogP contribution < -0.4 is 19.9 Å². The zero-order valence-corrected chi connectivity index (χ0v) is 13.2. The van der Waals surface area contributed by atoms with E-state index in [4.69, 9.17) is 9.47 Å². The zero-order chi connectivity index (χ0) is 15.9. The fourth-order valence-corrected chi connectivity index (χ4v) is 2.65. The lowest BCUT2D eigenvalue weighted by molar-refractivity contribution is -0.254. The third kappa shape index (κ3) is 4.11. The second-order valence-corrected chi connectivity index (χ2v) is 5.38. The molecule has 1 N–H and O–H groups in total. The van der Waals surface area contributed by atoms with Crippen LogP contribution in [-0.2, 0) is 0 Å². The van der Waals surface area contributed by atoms with E-state index in [1.807, 2.05) is 31.2 Å². The Morgan fingerprint density at radius 3 is 2.59 bits per heavy atom. The van der Waals surface area contributed by atoms with Crippen LogP contribution in [0.2, 0.25) is 0 Å². The van der Waals surface area contributed by atoms with Crippen LogP contribution in [0.15, 0.2) is 24.3 Å². The van der Waals surface area contributed by atoms with Gasteiger partial charge in [0.05, 0.1) is 29.7 Å². The molecule has 0 bridgehead atoms. The van der Waals surface area contributed by atoms with E-state index in [1.165, 1.54) is 0 Å². The first kappa shape index (κ1) is 16.1. The molecule has 7 heteroatoms. The van der Waals surface area contributed by atoms with Crippen LogP contribution >= 0.6 is 11.3 Å². The van der Waals surface area contributed by atoms with Crippen molar-refractivity contribution in [2.24, 2.45) is 0 Å². The lowest BCUT2D eigenvalue weighted by Crippen LogP contribution is -2.21. The number of carboxylic acids is 1. The highest BCUT2D eigenvalue weighted by Gasteiger charge is 2.08. The summed E-state index contributed by atoms with van der Waals surface area (Å²) in [6.07, 6.45) is 0. The van der Waals surface area contributed by atoms with Crippen LogP contribution in [0.3, 0.4) is 0 Å². The molecule has 6 nitrogen and oxygen atoms in total. The van der Waals surface area contributed by atoms with Gasteiger partial charge in [-0.3, -0.25) is 0 Å². The average Bonchev–Trinajstić information content (AvgIpc) is 2.87. The van der Waals surface area contributed by atoms with Gasteiger partial charge in [0.2, 0.25) is 0 Å². The Morgan fingerprint density at radius 2 is 2.00 bits per heavy atom. The zero-order valence-electron chi connectivity index (χ0n) is 12.4. The van der Waals surface area contributed by atoms with Crippen molar-refractivity contribution in [1.82, 2.24) is 4.98 Å². The molecule has 0 aliphatic carbocycles. The summed E-state index contributed by atoms with van der Waals surface area (Å²) in [4.78, 5) is 15.1. The minimum absolute atomic E-state index is 0.144. The van der Waals surface area contributed by atoms with E-state index in [0.717, 1.165) is 11.3 Å². The average molecular weight is 321 g/mol. The molecule has 0 fully saturated rings. The highest BCUT2D eigenvalue weighted by molar-refractivity contribution is 7.17. The van der Waals surface area contributed by atoms with Gasteiger partial charge in [-0.2, -0.15) is 0 Å². The first-order valence-electron chi connectivity index (χ1n) is 6.89. The van der Waals surface area contributed by atoms with Crippen LogP contribution in [0.4, 0.5) is 5.13 Å². The molecule has 1 heterocycles. The van der Waals surface area contributed by atoms with Gasteiger partial charge >= 0.3 is 0 Å². The van der Waals surface area contributed by atoms with Crippen molar-refractivity contribution in [3.63, 3.8) is 0 Å². The van der Waals surface area contributed by atoms with Crippen molar-refractivity contribution in [1.29, 1.82) is 0 Å². The summed E-state index contributed by atoms with van der Waals surface area (Å²) < 4.78 is 11.1. The number of aromatic nitrogens is 1. The Hall–Kier alpha value is -2.28. The Bertz CT molecular complexity index is 642. The number of hydrogen-bond acceptors (Lipinski definition) is 7. The number of carboxylic acid groups (broad SMARTS) is 1. The van der Waals surface area contributed by atoms with Gasteiger partial charge in [-0.1, -0.05) is 23.5 Å². The highest BCUT2D eigenvalue weighted by Crippen LogP contribution is 2.26. The Kier molecular flexibility index (Phi) is 5.60. The second kappa shape index (κ2) is 7.65. The van der Waals surface area contributed by atoms with Gasteiger partial charge in [-0.15, -0.1) is 0 Å². The van der Waals surface area contributed by atoms with Crippen molar-refractivity contribution < 1.29 is 19.4 Å². The van der Waals surface area contributed by atoms with Gasteiger partial charge in [0, 0.05) is 0 Å². The molecule has 118 valence electrons. The van der Waals surface area contributed by atoms with Crippen molar-refractivity contribution in [2.75, 3.05) is 25.1 Å². The molecule has 1 aromatic heterocycles. The summed E-state index contributed by atoms with van der Waals surface area (Å²) >= 11 is 1.06. The fraction of sp³-hybridized carbons (Fsp3) is 0.333. The lowest BCUT2D eigenvalue weighted by Gasteiger charge is -2.11. The molecule has 0 spiro atoms. The molecule has 0 saturated heterocycles. The number of thiazole rings is 1. The highest BCUT2D eigenvalue weighted by atomic mass is 32.1. The third-order valence-electron chi connectivity index (χ3n) is 2.77.